The van der Waals surface area contributed by atoms with Gasteiger partial charge in [-0.2, -0.15) is 0 Å². The number of unbranched alkanes of at least 4 members (excludes halogenated alkanes) is 15. The van der Waals surface area contributed by atoms with Gasteiger partial charge in [-0.15, -0.1) is 0 Å². The normalized spacial score (nSPS) is 10.9. The van der Waals surface area contributed by atoms with Gasteiger partial charge in [-0.05, 0) is 48.9 Å². The van der Waals surface area contributed by atoms with E-state index in [1.165, 1.54) is 119 Å². The summed E-state index contributed by atoms with van der Waals surface area (Å²) in [6.07, 6.45) is 23.8. The quantitative estimate of drug-likeness (QED) is 0.240. The zero-order valence-electron chi connectivity index (χ0n) is 20.0. The fraction of sp³-hybridized carbons (Fsp3) is 0.778. The topological polar surface area (TPSA) is 55.2 Å². The van der Waals surface area contributed by atoms with Gasteiger partial charge in [-0.1, -0.05) is 115 Å². The van der Waals surface area contributed by atoms with Gasteiger partial charge in [0, 0.05) is 0 Å². The first kappa shape index (κ1) is 28.1. The van der Waals surface area contributed by atoms with Crippen molar-refractivity contribution < 1.29 is 5.11 Å². The smallest absolute Gasteiger partial charge is 0.0684 e. The Morgan fingerprint density at radius 2 is 1.03 bits per heavy atom. The Morgan fingerprint density at radius 1 is 0.621 bits per heavy atom. The molecule has 0 aromatic heterocycles. The van der Waals surface area contributed by atoms with Crippen LogP contribution in [0.25, 0.3) is 0 Å². The van der Waals surface area contributed by atoms with E-state index in [1.807, 2.05) is 0 Å². The van der Waals surface area contributed by atoms with E-state index < -0.39 is 0 Å². The standard InChI is InChI=1S/C27H48O.H3N/c1-4-5-6-7-8-9-10-11-12-13-14-15-16-17-18-19-20-27-25(3)24(2)21-22-26(27)23-28;/h21-22,28H,4-20,23H2,1-3H3;1H3. The highest BCUT2D eigenvalue weighted by molar-refractivity contribution is 5.39. The predicted octanol–water partition coefficient (Wildman–Crippen LogP) is 8.76. The second-order valence-corrected chi connectivity index (χ2v) is 8.86. The van der Waals surface area contributed by atoms with E-state index in [1.54, 1.807) is 0 Å². The van der Waals surface area contributed by atoms with Gasteiger partial charge in [-0.25, -0.2) is 0 Å². The third-order valence-corrected chi connectivity index (χ3v) is 6.42. The van der Waals surface area contributed by atoms with Gasteiger partial charge in [0.25, 0.3) is 0 Å². The molecule has 0 fully saturated rings. The second kappa shape index (κ2) is 19.1. The van der Waals surface area contributed by atoms with Gasteiger partial charge < -0.3 is 11.3 Å². The molecule has 0 aliphatic heterocycles. The summed E-state index contributed by atoms with van der Waals surface area (Å²) in [5, 5.41) is 9.57. The lowest BCUT2D eigenvalue weighted by atomic mass is 9.93. The summed E-state index contributed by atoms with van der Waals surface area (Å²) in [4.78, 5) is 0. The fourth-order valence-electron chi connectivity index (χ4n) is 4.28. The lowest BCUT2D eigenvalue weighted by Crippen LogP contribution is -2.00. The molecular formula is C27H51NO. The summed E-state index contributed by atoms with van der Waals surface area (Å²) in [7, 11) is 0. The summed E-state index contributed by atoms with van der Waals surface area (Å²) < 4.78 is 0. The van der Waals surface area contributed by atoms with E-state index >= 15 is 0 Å². The lowest BCUT2D eigenvalue weighted by Gasteiger charge is -2.13. The first-order valence-electron chi connectivity index (χ1n) is 12.4. The number of hydrogen-bond acceptors (Lipinski definition) is 2. The van der Waals surface area contributed by atoms with Crippen LogP contribution in [-0.2, 0) is 13.0 Å². The van der Waals surface area contributed by atoms with Gasteiger partial charge in [0.05, 0.1) is 6.61 Å². The first-order chi connectivity index (χ1) is 13.7. The Kier molecular flexibility index (Phi) is 18.6. The highest BCUT2D eigenvalue weighted by Crippen LogP contribution is 2.21. The number of rotatable bonds is 18. The average molecular weight is 406 g/mol. The Morgan fingerprint density at radius 3 is 1.45 bits per heavy atom. The maximum Gasteiger partial charge on any atom is 0.0684 e. The van der Waals surface area contributed by atoms with Crippen molar-refractivity contribution in [2.75, 3.05) is 0 Å². The van der Waals surface area contributed by atoms with Crippen LogP contribution in [-0.4, -0.2) is 5.11 Å². The maximum atomic E-state index is 9.57. The molecule has 0 saturated heterocycles. The zero-order chi connectivity index (χ0) is 20.5. The van der Waals surface area contributed by atoms with Crippen molar-refractivity contribution in [1.82, 2.24) is 6.15 Å². The van der Waals surface area contributed by atoms with Gasteiger partial charge in [0.15, 0.2) is 0 Å². The molecule has 29 heavy (non-hydrogen) atoms. The zero-order valence-corrected chi connectivity index (χ0v) is 20.0. The van der Waals surface area contributed by atoms with Crippen molar-refractivity contribution >= 4 is 0 Å². The molecule has 170 valence electrons. The molecule has 1 aromatic rings. The van der Waals surface area contributed by atoms with Crippen molar-refractivity contribution in [3.8, 4) is 0 Å². The lowest BCUT2D eigenvalue weighted by molar-refractivity contribution is 0.280. The van der Waals surface area contributed by atoms with Crippen LogP contribution in [0.15, 0.2) is 12.1 Å². The van der Waals surface area contributed by atoms with Crippen molar-refractivity contribution in [1.29, 1.82) is 0 Å². The second-order valence-electron chi connectivity index (χ2n) is 8.86. The molecular weight excluding hydrogens is 354 g/mol. The van der Waals surface area contributed by atoms with Crippen molar-refractivity contribution in [2.45, 2.75) is 137 Å². The average Bonchev–Trinajstić information content (AvgIpc) is 2.70. The molecule has 0 amide bonds. The molecule has 1 aromatic carbocycles. The van der Waals surface area contributed by atoms with Gasteiger partial charge >= 0.3 is 0 Å². The van der Waals surface area contributed by atoms with Crippen molar-refractivity contribution in [3.63, 3.8) is 0 Å². The Hall–Kier alpha value is -0.860. The predicted molar refractivity (Wildman–Crippen MR) is 130 cm³/mol. The summed E-state index contributed by atoms with van der Waals surface area (Å²) in [6, 6.07) is 4.24. The van der Waals surface area contributed by atoms with Gasteiger partial charge in [-0.3, -0.25) is 0 Å². The van der Waals surface area contributed by atoms with Gasteiger partial charge in [0.2, 0.25) is 0 Å². The maximum absolute atomic E-state index is 9.57. The molecule has 0 unspecified atom stereocenters. The SMILES string of the molecule is CCCCCCCCCCCCCCCCCCc1c(CO)ccc(C)c1C.N. The molecule has 0 bridgehead atoms. The van der Waals surface area contributed by atoms with Crippen molar-refractivity contribution in [3.05, 3.63) is 34.4 Å². The molecule has 0 saturated carbocycles. The summed E-state index contributed by atoms with van der Waals surface area (Å²) in [5.41, 5.74) is 5.26. The molecule has 2 heteroatoms. The molecule has 0 atom stereocenters. The molecule has 2 nitrogen and oxygen atoms in total. The van der Waals surface area contributed by atoms with E-state index in [9.17, 15) is 5.11 Å². The van der Waals surface area contributed by atoms with E-state index in [2.05, 4.69) is 32.9 Å². The summed E-state index contributed by atoms with van der Waals surface area (Å²) >= 11 is 0. The molecule has 4 N–H and O–H groups in total. The number of benzene rings is 1. The minimum atomic E-state index is 0. The van der Waals surface area contributed by atoms with E-state index in [0.717, 1.165) is 12.0 Å². The molecule has 0 heterocycles. The number of hydrogen-bond donors (Lipinski definition) is 2. The van der Waals surface area contributed by atoms with Crippen LogP contribution in [0.2, 0.25) is 0 Å². The number of aliphatic hydroxyl groups is 1. The molecule has 1 rings (SSSR count). The number of aliphatic hydroxyl groups excluding tert-OH is 1. The number of aryl methyl sites for hydroxylation is 1. The Balaban J connectivity index is 0.00000784. The van der Waals surface area contributed by atoms with Crippen molar-refractivity contribution in [2.24, 2.45) is 0 Å². The van der Waals surface area contributed by atoms with Crippen LogP contribution in [0.5, 0.6) is 0 Å². The Bertz CT molecular complexity index is 498. The monoisotopic (exact) mass is 405 g/mol. The third kappa shape index (κ3) is 13.1. The van der Waals surface area contributed by atoms with Crippen LogP contribution in [0.4, 0.5) is 0 Å². The largest absolute Gasteiger partial charge is 0.392 e. The summed E-state index contributed by atoms with van der Waals surface area (Å²) in [5.74, 6) is 0. The van der Waals surface area contributed by atoms with E-state index in [4.69, 9.17) is 0 Å². The minimum absolute atomic E-state index is 0. The highest BCUT2D eigenvalue weighted by Gasteiger charge is 2.07. The Labute approximate surface area is 182 Å². The first-order valence-corrected chi connectivity index (χ1v) is 12.4. The van der Waals surface area contributed by atoms with Crippen LogP contribution < -0.4 is 6.15 Å². The van der Waals surface area contributed by atoms with Gasteiger partial charge in [0.1, 0.15) is 0 Å². The van der Waals surface area contributed by atoms with Crippen LogP contribution in [0, 0.1) is 13.8 Å². The highest BCUT2D eigenvalue weighted by atomic mass is 16.3. The minimum Gasteiger partial charge on any atom is -0.392 e. The summed E-state index contributed by atoms with van der Waals surface area (Å²) in [6.45, 7) is 6.85. The van der Waals surface area contributed by atoms with Crippen LogP contribution in [0.3, 0.4) is 0 Å². The van der Waals surface area contributed by atoms with E-state index in [0.29, 0.717) is 0 Å². The molecule has 0 aliphatic carbocycles. The molecule has 0 radical (unpaired) electrons. The third-order valence-electron chi connectivity index (χ3n) is 6.42. The van der Waals surface area contributed by atoms with Crippen LogP contribution in [0.1, 0.15) is 132 Å². The fourth-order valence-corrected chi connectivity index (χ4v) is 4.28. The van der Waals surface area contributed by atoms with Crippen LogP contribution >= 0.6 is 0 Å². The molecule has 0 spiro atoms. The molecule has 0 aliphatic rings. The van der Waals surface area contributed by atoms with E-state index in [-0.39, 0.29) is 12.8 Å².